The molecule has 2 aromatic rings. The van der Waals surface area contributed by atoms with Crippen molar-refractivity contribution < 1.29 is 14.3 Å². The van der Waals surface area contributed by atoms with Gasteiger partial charge in [-0.05, 0) is 30.3 Å². The van der Waals surface area contributed by atoms with Crippen LogP contribution in [0.2, 0.25) is 5.02 Å². The van der Waals surface area contributed by atoms with Gasteiger partial charge in [-0.3, -0.25) is 9.59 Å². The molecule has 2 aliphatic rings. The second-order valence-corrected chi connectivity index (χ2v) is 7.44. The Morgan fingerprint density at radius 1 is 0.889 bits per heavy atom. The van der Waals surface area contributed by atoms with E-state index in [0.717, 1.165) is 0 Å². The highest BCUT2D eigenvalue weighted by molar-refractivity contribution is 6.30. The van der Waals surface area contributed by atoms with Gasteiger partial charge in [0.2, 0.25) is 0 Å². The van der Waals surface area contributed by atoms with E-state index in [1.165, 1.54) is 0 Å². The van der Waals surface area contributed by atoms with E-state index < -0.39 is 0 Å². The third-order valence-corrected chi connectivity index (χ3v) is 5.43. The van der Waals surface area contributed by atoms with Crippen molar-refractivity contribution >= 4 is 23.4 Å². The predicted molar refractivity (Wildman–Crippen MR) is 103 cm³/mol. The fraction of sp³-hybridized carbons (Fsp3) is 0.333. The first-order chi connectivity index (χ1) is 13.1. The van der Waals surface area contributed by atoms with Gasteiger partial charge in [-0.1, -0.05) is 35.9 Å². The number of rotatable bonds is 2. The van der Waals surface area contributed by atoms with Gasteiger partial charge in [-0.15, -0.1) is 0 Å². The van der Waals surface area contributed by atoms with Crippen molar-refractivity contribution in [3.8, 4) is 0 Å². The Bertz CT molecular complexity index is 842. The zero-order valence-corrected chi connectivity index (χ0v) is 15.6. The van der Waals surface area contributed by atoms with Gasteiger partial charge < -0.3 is 14.5 Å². The number of benzene rings is 2. The summed E-state index contributed by atoms with van der Waals surface area (Å²) in [6.07, 6.45) is -0.0401. The van der Waals surface area contributed by atoms with Crippen LogP contribution in [-0.2, 0) is 4.74 Å². The molecule has 2 atom stereocenters. The van der Waals surface area contributed by atoms with Gasteiger partial charge in [-0.25, -0.2) is 0 Å². The molecule has 5 nitrogen and oxygen atoms in total. The van der Waals surface area contributed by atoms with Crippen molar-refractivity contribution in [1.29, 1.82) is 0 Å². The summed E-state index contributed by atoms with van der Waals surface area (Å²) >= 11 is 6.01. The zero-order valence-electron chi connectivity index (χ0n) is 14.9. The molecule has 2 aliphatic heterocycles. The van der Waals surface area contributed by atoms with E-state index in [1.807, 2.05) is 35.2 Å². The summed E-state index contributed by atoms with van der Waals surface area (Å²) in [5, 5.41) is 0.546. The predicted octanol–water partition coefficient (Wildman–Crippen LogP) is 2.95. The monoisotopic (exact) mass is 384 g/mol. The number of fused-ring (bicyclic) bond motifs is 1. The molecular weight excluding hydrogens is 364 g/mol. The summed E-state index contributed by atoms with van der Waals surface area (Å²) in [4.78, 5) is 29.2. The third-order valence-electron chi connectivity index (χ3n) is 5.20. The van der Waals surface area contributed by atoms with Crippen molar-refractivity contribution in [2.24, 2.45) is 5.92 Å². The van der Waals surface area contributed by atoms with Crippen LogP contribution in [0.1, 0.15) is 20.7 Å². The van der Waals surface area contributed by atoms with Crippen molar-refractivity contribution in [2.45, 2.75) is 6.10 Å². The Hall–Kier alpha value is -2.37. The molecule has 2 heterocycles. The van der Waals surface area contributed by atoms with Gasteiger partial charge in [-0.2, -0.15) is 0 Å². The van der Waals surface area contributed by atoms with E-state index in [4.69, 9.17) is 16.3 Å². The van der Waals surface area contributed by atoms with Crippen molar-refractivity contribution in [3.05, 3.63) is 70.7 Å². The summed E-state index contributed by atoms with van der Waals surface area (Å²) in [7, 11) is 0. The van der Waals surface area contributed by atoms with Crippen LogP contribution in [0.15, 0.2) is 54.6 Å². The maximum Gasteiger partial charge on any atom is 0.254 e. The molecule has 4 rings (SSSR count). The molecule has 2 fully saturated rings. The summed E-state index contributed by atoms with van der Waals surface area (Å²) in [6.45, 7) is 2.78. The lowest BCUT2D eigenvalue weighted by atomic mass is 10.1. The normalized spacial score (nSPS) is 22.3. The Morgan fingerprint density at radius 2 is 1.59 bits per heavy atom. The number of hydrogen-bond acceptors (Lipinski definition) is 3. The van der Waals surface area contributed by atoms with Gasteiger partial charge in [0.15, 0.2) is 0 Å². The number of amides is 2. The van der Waals surface area contributed by atoms with Crippen molar-refractivity contribution in [2.75, 3.05) is 32.8 Å². The number of halogens is 1. The molecule has 140 valence electrons. The quantitative estimate of drug-likeness (QED) is 0.799. The maximum absolute atomic E-state index is 12.8. The van der Waals surface area contributed by atoms with Gasteiger partial charge in [0.25, 0.3) is 11.8 Å². The standard InChI is InChI=1S/C21H21ClN2O3/c22-18-8-4-7-16(11-18)21(26)24-13-17-12-23(9-10-27-19(17)14-24)20(25)15-5-2-1-3-6-15/h1-8,11,17,19H,9-10,12-14H2/t17-,19+/m0/s1. The first-order valence-corrected chi connectivity index (χ1v) is 9.50. The Morgan fingerprint density at radius 3 is 2.37 bits per heavy atom. The highest BCUT2D eigenvalue weighted by Gasteiger charge is 2.39. The fourth-order valence-corrected chi connectivity index (χ4v) is 4.00. The Labute approximate surface area is 163 Å². The van der Waals surface area contributed by atoms with Gasteiger partial charge in [0.1, 0.15) is 0 Å². The molecule has 0 N–H and O–H groups in total. The highest BCUT2D eigenvalue weighted by Crippen LogP contribution is 2.26. The number of ether oxygens (including phenoxy) is 1. The van der Waals surface area contributed by atoms with Crippen LogP contribution in [0.3, 0.4) is 0 Å². The largest absolute Gasteiger partial charge is 0.374 e. The minimum atomic E-state index is -0.0462. The summed E-state index contributed by atoms with van der Waals surface area (Å²) in [6, 6.07) is 16.3. The summed E-state index contributed by atoms with van der Waals surface area (Å²) in [5.41, 5.74) is 1.26. The van der Waals surface area contributed by atoms with E-state index in [0.29, 0.717) is 48.9 Å². The van der Waals surface area contributed by atoms with E-state index in [9.17, 15) is 9.59 Å². The van der Waals surface area contributed by atoms with Crippen molar-refractivity contribution in [1.82, 2.24) is 9.80 Å². The average molecular weight is 385 g/mol. The van der Waals surface area contributed by atoms with Crippen LogP contribution in [0.5, 0.6) is 0 Å². The second kappa shape index (κ2) is 7.71. The highest BCUT2D eigenvalue weighted by atomic mass is 35.5. The molecule has 0 unspecified atom stereocenters. The van der Waals surface area contributed by atoms with Crippen molar-refractivity contribution in [3.63, 3.8) is 0 Å². The minimum Gasteiger partial charge on any atom is -0.374 e. The van der Waals surface area contributed by atoms with E-state index in [2.05, 4.69) is 0 Å². The molecule has 0 saturated carbocycles. The van der Waals surface area contributed by atoms with E-state index >= 15 is 0 Å². The van der Waals surface area contributed by atoms with Crippen LogP contribution in [0, 0.1) is 5.92 Å². The molecule has 0 aliphatic carbocycles. The summed E-state index contributed by atoms with van der Waals surface area (Å²) in [5.74, 6) is 0.0814. The van der Waals surface area contributed by atoms with Crippen LogP contribution in [0.25, 0.3) is 0 Å². The zero-order chi connectivity index (χ0) is 18.8. The van der Waals surface area contributed by atoms with Crippen LogP contribution >= 0.6 is 11.6 Å². The molecular formula is C21H21ClN2O3. The van der Waals surface area contributed by atoms with E-state index in [1.54, 1.807) is 29.2 Å². The SMILES string of the molecule is O=C(c1ccccc1)N1CCO[C@@H]2CN(C(=O)c3cccc(Cl)c3)C[C@@H]2C1. The Kier molecular flexibility index (Phi) is 5.14. The number of hydrogen-bond donors (Lipinski definition) is 0. The Balaban J connectivity index is 1.46. The van der Waals surface area contributed by atoms with E-state index in [-0.39, 0.29) is 23.8 Å². The lowest BCUT2D eigenvalue weighted by molar-refractivity contribution is 0.0477. The molecule has 0 bridgehead atoms. The molecule has 2 aromatic carbocycles. The first kappa shape index (κ1) is 18.0. The lowest BCUT2D eigenvalue weighted by Crippen LogP contribution is -2.38. The minimum absolute atomic E-state index is 0.0134. The number of nitrogens with zero attached hydrogens (tertiary/aromatic N) is 2. The average Bonchev–Trinajstić information content (AvgIpc) is 2.99. The van der Waals surface area contributed by atoms with Gasteiger partial charge >= 0.3 is 0 Å². The topological polar surface area (TPSA) is 49.9 Å². The van der Waals surface area contributed by atoms with Gasteiger partial charge in [0.05, 0.1) is 12.7 Å². The maximum atomic E-state index is 12.8. The number of likely N-dealkylation sites (tertiary alicyclic amines) is 1. The van der Waals surface area contributed by atoms with Crippen LogP contribution < -0.4 is 0 Å². The number of carbonyl (C=O) groups excluding carboxylic acids is 2. The molecule has 27 heavy (non-hydrogen) atoms. The second-order valence-electron chi connectivity index (χ2n) is 7.01. The molecule has 2 saturated heterocycles. The molecule has 0 spiro atoms. The van der Waals surface area contributed by atoms with Crippen LogP contribution in [0.4, 0.5) is 0 Å². The van der Waals surface area contributed by atoms with Gasteiger partial charge in [0, 0.05) is 48.2 Å². The number of carbonyl (C=O) groups is 2. The third kappa shape index (κ3) is 3.84. The molecule has 0 radical (unpaired) electrons. The lowest BCUT2D eigenvalue weighted by Gasteiger charge is -2.24. The molecule has 6 heteroatoms. The smallest absolute Gasteiger partial charge is 0.254 e. The van der Waals surface area contributed by atoms with Crippen LogP contribution in [-0.4, -0.2) is 60.5 Å². The summed E-state index contributed by atoms with van der Waals surface area (Å²) < 4.78 is 5.97. The first-order valence-electron chi connectivity index (χ1n) is 9.12. The fourth-order valence-electron chi connectivity index (χ4n) is 3.81. The molecule has 2 amide bonds. The molecule has 0 aromatic heterocycles.